The third-order valence-corrected chi connectivity index (χ3v) is 4.53. The van der Waals surface area contributed by atoms with Gasteiger partial charge in [-0.25, -0.2) is 9.97 Å². The lowest BCUT2D eigenvalue weighted by Gasteiger charge is -2.06. The molecule has 107 valence electrons. The monoisotopic (exact) mass is 297 g/mol. The lowest BCUT2D eigenvalue weighted by molar-refractivity contribution is 0.415. The Morgan fingerprint density at radius 3 is 2.67 bits per heavy atom. The average Bonchev–Trinajstić information content (AvgIpc) is 2.97. The quantitative estimate of drug-likeness (QED) is 0.708. The zero-order chi connectivity index (χ0) is 15.0. The third kappa shape index (κ3) is 2.63. The maximum absolute atomic E-state index is 5.29. The lowest BCUT2D eigenvalue weighted by Crippen LogP contribution is -1.92. The molecule has 0 saturated heterocycles. The van der Waals surface area contributed by atoms with Gasteiger partial charge in [0.1, 0.15) is 5.75 Å². The van der Waals surface area contributed by atoms with Crippen molar-refractivity contribution in [2.45, 2.75) is 26.7 Å². The van der Waals surface area contributed by atoms with Gasteiger partial charge in [-0.1, -0.05) is 13.8 Å². The predicted octanol–water partition coefficient (Wildman–Crippen LogP) is 4.60. The molecule has 3 aromatic rings. The van der Waals surface area contributed by atoms with E-state index in [-0.39, 0.29) is 0 Å². The zero-order valence-corrected chi connectivity index (χ0v) is 13.4. The van der Waals surface area contributed by atoms with Gasteiger partial charge in [0.2, 0.25) is 0 Å². The third-order valence-electron chi connectivity index (χ3n) is 3.38. The molecule has 3 rings (SSSR count). The Bertz CT molecular complexity index is 793. The molecular formula is C17H17N2OS. The first kappa shape index (κ1) is 14.0. The van der Waals surface area contributed by atoms with Gasteiger partial charge in [-0.15, -0.1) is 11.3 Å². The minimum Gasteiger partial charge on any atom is -0.497 e. The number of pyridine rings is 1. The number of benzene rings is 1. The normalized spacial score (nSPS) is 11.3. The summed E-state index contributed by atoms with van der Waals surface area (Å²) in [6.07, 6.45) is 0. The van der Waals surface area contributed by atoms with Crippen LogP contribution in [0, 0.1) is 13.0 Å². The van der Waals surface area contributed by atoms with Crippen LogP contribution >= 0.6 is 11.3 Å². The van der Waals surface area contributed by atoms with Gasteiger partial charge in [-0.2, -0.15) is 0 Å². The van der Waals surface area contributed by atoms with Gasteiger partial charge < -0.3 is 4.74 Å². The van der Waals surface area contributed by atoms with E-state index in [0.717, 1.165) is 38.6 Å². The fourth-order valence-electron chi connectivity index (χ4n) is 2.22. The Morgan fingerprint density at radius 2 is 2.00 bits per heavy atom. The molecule has 0 aliphatic heterocycles. The van der Waals surface area contributed by atoms with E-state index in [1.165, 1.54) is 0 Å². The minimum absolute atomic E-state index is 0.444. The molecule has 0 atom stereocenters. The largest absolute Gasteiger partial charge is 0.497 e. The number of ether oxygens (including phenoxy) is 1. The molecule has 0 aliphatic rings. The minimum atomic E-state index is 0.444. The molecule has 2 heterocycles. The highest BCUT2D eigenvalue weighted by Crippen LogP contribution is 2.28. The summed E-state index contributed by atoms with van der Waals surface area (Å²) in [6.45, 7) is 6.34. The van der Waals surface area contributed by atoms with E-state index >= 15 is 0 Å². The molecule has 21 heavy (non-hydrogen) atoms. The lowest BCUT2D eigenvalue weighted by atomic mass is 10.1. The summed E-state index contributed by atoms with van der Waals surface area (Å²) in [4.78, 5) is 9.41. The van der Waals surface area contributed by atoms with Crippen LogP contribution in [-0.4, -0.2) is 17.1 Å². The Morgan fingerprint density at radius 1 is 1.19 bits per heavy atom. The van der Waals surface area contributed by atoms with Gasteiger partial charge in [-0.05, 0) is 36.8 Å². The summed E-state index contributed by atoms with van der Waals surface area (Å²) in [5.74, 6) is 1.28. The molecule has 0 saturated carbocycles. The van der Waals surface area contributed by atoms with Crippen molar-refractivity contribution < 1.29 is 4.74 Å². The number of hydrogen-bond acceptors (Lipinski definition) is 4. The van der Waals surface area contributed by atoms with E-state index in [4.69, 9.17) is 9.72 Å². The zero-order valence-electron chi connectivity index (χ0n) is 12.6. The van der Waals surface area contributed by atoms with Crippen molar-refractivity contribution in [3.05, 3.63) is 40.2 Å². The molecule has 2 aromatic heterocycles. The second kappa shape index (κ2) is 5.45. The first-order chi connectivity index (χ1) is 10.1. The van der Waals surface area contributed by atoms with Crippen molar-refractivity contribution in [3.63, 3.8) is 0 Å². The second-order valence-corrected chi connectivity index (χ2v) is 6.24. The summed E-state index contributed by atoms with van der Waals surface area (Å²) >= 11 is 1.68. The summed E-state index contributed by atoms with van der Waals surface area (Å²) in [6, 6.07) is 9.15. The highest BCUT2D eigenvalue weighted by atomic mass is 32.1. The molecule has 0 spiro atoms. The van der Waals surface area contributed by atoms with E-state index in [2.05, 4.69) is 30.3 Å². The van der Waals surface area contributed by atoms with Crippen molar-refractivity contribution in [2.75, 3.05) is 7.11 Å². The van der Waals surface area contributed by atoms with E-state index in [0.29, 0.717) is 5.92 Å². The van der Waals surface area contributed by atoms with Gasteiger partial charge in [0, 0.05) is 16.7 Å². The summed E-state index contributed by atoms with van der Waals surface area (Å²) in [5.41, 5.74) is 3.84. The van der Waals surface area contributed by atoms with Crippen molar-refractivity contribution >= 4 is 22.2 Å². The molecule has 4 heteroatoms. The second-order valence-electron chi connectivity index (χ2n) is 5.35. The van der Waals surface area contributed by atoms with Gasteiger partial charge >= 0.3 is 0 Å². The predicted molar refractivity (Wildman–Crippen MR) is 87.1 cm³/mol. The van der Waals surface area contributed by atoms with Crippen molar-refractivity contribution in [1.82, 2.24) is 9.97 Å². The molecular weight excluding hydrogens is 280 g/mol. The van der Waals surface area contributed by atoms with Gasteiger partial charge in [0.05, 0.1) is 29.0 Å². The number of thiazole rings is 1. The van der Waals surface area contributed by atoms with Crippen LogP contribution in [0.15, 0.2) is 23.6 Å². The molecule has 0 bridgehead atoms. The number of fused-ring (bicyclic) bond motifs is 1. The highest BCUT2D eigenvalue weighted by molar-refractivity contribution is 7.10. The number of aromatic nitrogens is 2. The number of rotatable bonds is 3. The maximum atomic E-state index is 5.29. The molecule has 0 aliphatic carbocycles. The number of aryl methyl sites for hydroxylation is 1. The van der Waals surface area contributed by atoms with Crippen LogP contribution in [0.4, 0.5) is 0 Å². The molecule has 0 N–H and O–H groups in total. The van der Waals surface area contributed by atoms with E-state index in [1.54, 1.807) is 18.4 Å². The van der Waals surface area contributed by atoms with Gasteiger partial charge in [0.15, 0.2) is 0 Å². The first-order valence-corrected chi connectivity index (χ1v) is 7.79. The molecule has 3 nitrogen and oxygen atoms in total. The van der Waals surface area contributed by atoms with Crippen molar-refractivity contribution in [1.29, 1.82) is 0 Å². The number of hydrogen-bond donors (Lipinski definition) is 0. The number of methoxy groups -OCH3 is 1. The Balaban J connectivity index is 2.10. The average molecular weight is 297 g/mol. The van der Waals surface area contributed by atoms with Crippen LogP contribution in [-0.2, 0) is 0 Å². The fourth-order valence-corrected chi connectivity index (χ4v) is 3.05. The Kier molecular flexibility index (Phi) is 3.64. The van der Waals surface area contributed by atoms with E-state index < -0.39 is 0 Å². The SMILES string of the molecule is COc1cc(C)c2nc(-c3csc(C(C)C)n3)c[c]c2c1. The maximum Gasteiger partial charge on any atom is 0.119 e. The summed E-state index contributed by atoms with van der Waals surface area (Å²) in [7, 11) is 1.67. The summed E-state index contributed by atoms with van der Waals surface area (Å²) < 4.78 is 5.29. The van der Waals surface area contributed by atoms with Crippen LogP contribution < -0.4 is 4.74 Å². The highest BCUT2D eigenvalue weighted by Gasteiger charge is 2.10. The Labute approximate surface area is 128 Å². The smallest absolute Gasteiger partial charge is 0.119 e. The van der Waals surface area contributed by atoms with Crippen LogP contribution in [0.2, 0.25) is 0 Å². The van der Waals surface area contributed by atoms with Crippen LogP contribution in [0.25, 0.3) is 22.3 Å². The van der Waals surface area contributed by atoms with Crippen LogP contribution in [0.5, 0.6) is 5.75 Å². The topological polar surface area (TPSA) is 35.0 Å². The molecule has 1 aromatic carbocycles. The van der Waals surface area contributed by atoms with Gasteiger partial charge in [-0.3, -0.25) is 0 Å². The van der Waals surface area contributed by atoms with Crippen molar-refractivity contribution in [3.8, 4) is 17.1 Å². The van der Waals surface area contributed by atoms with Crippen LogP contribution in [0.3, 0.4) is 0 Å². The van der Waals surface area contributed by atoms with E-state index in [9.17, 15) is 0 Å². The fraction of sp³-hybridized carbons (Fsp3) is 0.294. The molecule has 0 fully saturated rings. The molecule has 0 amide bonds. The number of nitrogens with zero attached hydrogens (tertiary/aromatic N) is 2. The standard InChI is InChI=1S/C17H17N2OS/c1-10(2)17-19-15(9-21-17)14-6-5-12-8-13(20-4)7-11(3)16(12)18-14/h6-10H,1-4H3. The molecule has 0 unspecified atom stereocenters. The first-order valence-electron chi connectivity index (χ1n) is 6.91. The van der Waals surface area contributed by atoms with Gasteiger partial charge in [0.25, 0.3) is 0 Å². The van der Waals surface area contributed by atoms with Crippen LogP contribution in [0.1, 0.15) is 30.3 Å². The van der Waals surface area contributed by atoms with Crippen molar-refractivity contribution in [2.24, 2.45) is 0 Å². The Hall–Kier alpha value is -1.94. The van der Waals surface area contributed by atoms with E-state index in [1.807, 2.05) is 25.1 Å². The molecule has 1 radical (unpaired) electrons. The summed E-state index contributed by atoms with van der Waals surface area (Å²) in [5, 5.41) is 4.17.